The Morgan fingerprint density at radius 1 is 1.32 bits per heavy atom. The monoisotopic (exact) mass is 477 g/mol. The highest BCUT2D eigenvalue weighted by atomic mass is 19.4. The lowest BCUT2D eigenvalue weighted by Gasteiger charge is -2.11. The molecule has 9 heteroatoms. The molecule has 1 saturated heterocycles. The summed E-state index contributed by atoms with van der Waals surface area (Å²) in [6.07, 6.45) is 2.03. The van der Waals surface area contributed by atoms with E-state index in [0.717, 1.165) is 24.1 Å². The van der Waals surface area contributed by atoms with E-state index in [1.54, 1.807) is 32.1 Å². The van der Waals surface area contributed by atoms with Gasteiger partial charge < -0.3 is 14.9 Å². The molecule has 0 amide bonds. The van der Waals surface area contributed by atoms with Gasteiger partial charge in [0.05, 0.1) is 0 Å². The summed E-state index contributed by atoms with van der Waals surface area (Å²) in [6, 6.07) is 8.03. The maximum Gasteiger partial charge on any atom is 0.389 e. The molecule has 0 radical (unpaired) electrons. The van der Waals surface area contributed by atoms with Gasteiger partial charge in [-0.1, -0.05) is 54.6 Å². The van der Waals surface area contributed by atoms with E-state index in [2.05, 4.69) is 15.5 Å². The van der Waals surface area contributed by atoms with Crippen molar-refractivity contribution in [2.75, 3.05) is 6.54 Å². The predicted octanol–water partition coefficient (Wildman–Crippen LogP) is 6.19. The van der Waals surface area contributed by atoms with Gasteiger partial charge in [-0.2, -0.15) is 18.2 Å². The quantitative estimate of drug-likeness (QED) is 0.397. The van der Waals surface area contributed by atoms with E-state index in [1.807, 2.05) is 24.3 Å². The van der Waals surface area contributed by atoms with E-state index >= 15 is 0 Å². The zero-order valence-corrected chi connectivity index (χ0v) is 19.3. The van der Waals surface area contributed by atoms with Crippen LogP contribution >= 0.6 is 0 Å². The van der Waals surface area contributed by atoms with E-state index in [-0.39, 0.29) is 24.8 Å². The van der Waals surface area contributed by atoms with Crippen molar-refractivity contribution in [3.63, 3.8) is 0 Å². The van der Waals surface area contributed by atoms with Gasteiger partial charge in [-0.3, -0.25) is 4.79 Å². The molecule has 0 bridgehead atoms. The average molecular weight is 478 g/mol. The third kappa shape index (κ3) is 7.55. The fourth-order valence-electron chi connectivity index (χ4n) is 3.98. The second-order valence-corrected chi connectivity index (χ2v) is 8.77. The van der Waals surface area contributed by atoms with Crippen molar-refractivity contribution in [1.29, 1.82) is 0 Å². The minimum absolute atomic E-state index is 0.0224. The first kappa shape index (κ1) is 25.7. The van der Waals surface area contributed by atoms with Crippen molar-refractivity contribution in [3.8, 4) is 11.4 Å². The summed E-state index contributed by atoms with van der Waals surface area (Å²) in [5.41, 5.74) is 2.56. The van der Waals surface area contributed by atoms with E-state index in [4.69, 9.17) is 9.63 Å². The second kappa shape index (κ2) is 11.5. The Balaban J connectivity index is 1.60. The molecular formula is C25H30F3N3O3. The van der Waals surface area contributed by atoms with Crippen LogP contribution in [-0.4, -0.2) is 33.9 Å². The number of benzene rings is 1. The lowest BCUT2D eigenvalue weighted by Crippen LogP contribution is -2.13. The number of hydrogen-bond acceptors (Lipinski definition) is 5. The van der Waals surface area contributed by atoms with Gasteiger partial charge in [-0.25, -0.2) is 0 Å². The molecular weight excluding hydrogens is 447 g/mol. The van der Waals surface area contributed by atoms with Gasteiger partial charge in [-0.15, -0.1) is 0 Å². The van der Waals surface area contributed by atoms with Gasteiger partial charge in [0, 0.05) is 30.0 Å². The molecule has 3 unspecified atom stereocenters. The molecule has 2 N–H and O–H groups in total. The van der Waals surface area contributed by atoms with Crippen molar-refractivity contribution in [3.05, 3.63) is 53.9 Å². The number of aromatic nitrogens is 2. The van der Waals surface area contributed by atoms with Gasteiger partial charge >= 0.3 is 12.1 Å². The Morgan fingerprint density at radius 2 is 2.06 bits per heavy atom. The summed E-state index contributed by atoms with van der Waals surface area (Å²) in [5, 5.41) is 16.4. The lowest BCUT2D eigenvalue weighted by molar-refractivity contribution is -0.138. The zero-order valence-electron chi connectivity index (χ0n) is 19.3. The first-order valence-corrected chi connectivity index (χ1v) is 11.5. The van der Waals surface area contributed by atoms with Gasteiger partial charge in [0.2, 0.25) is 5.82 Å². The van der Waals surface area contributed by atoms with Crippen LogP contribution in [0.3, 0.4) is 0 Å². The molecule has 2 aromatic rings. The summed E-state index contributed by atoms with van der Waals surface area (Å²) in [4.78, 5) is 15.2. The van der Waals surface area contributed by atoms with E-state index in [9.17, 15) is 18.0 Å². The second-order valence-electron chi connectivity index (χ2n) is 8.77. The highest BCUT2D eigenvalue weighted by molar-refractivity contribution is 5.69. The number of allylic oxidation sites excluding steroid dienone is 4. The van der Waals surface area contributed by atoms with Crippen LogP contribution in [0.1, 0.15) is 63.4 Å². The van der Waals surface area contributed by atoms with Crippen LogP contribution in [0, 0.1) is 11.8 Å². The zero-order chi connectivity index (χ0) is 24.7. The summed E-state index contributed by atoms with van der Waals surface area (Å²) in [5.74, 6) is 0.0843. The van der Waals surface area contributed by atoms with Crippen molar-refractivity contribution < 1.29 is 27.6 Å². The maximum atomic E-state index is 12.4. The molecule has 1 aliphatic rings. The molecule has 1 aromatic carbocycles. The SMILES string of the molecule is C/C=C(\C=C/C(C)CCC(F)(F)F)c1nc(-c2ccc(C3CC(CCC(=O)O)CN3)cc2)no1. The minimum Gasteiger partial charge on any atom is -0.481 e. The lowest BCUT2D eigenvalue weighted by atomic mass is 9.96. The van der Waals surface area contributed by atoms with Gasteiger partial charge in [0.25, 0.3) is 5.89 Å². The minimum atomic E-state index is -4.15. The van der Waals surface area contributed by atoms with E-state index < -0.39 is 18.6 Å². The van der Waals surface area contributed by atoms with Crippen molar-refractivity contribution in [2.45, 2.75) is 58.2 Å². The fourth-order valence-corrected chi connectivity index (χ4v) is 3.98. The number of rotatable bonds is 10. The molecule has 1 aromatic heterocycles. The number of aliphatic carboxylic acids is 1. The van der Waals surface area contributed by atoms with Crippen molar-refractivity contribution in [2.24, 2.45) is 11.8 Å². The number of nitrogens with one attached hydrogen (secondary N) is 1. The van der Waals surface area contributed by atoms with Crippen LogP contribution in [0.2, 0.25) is 0 Å². The first-order valence-electron chi connectivity index (χ1n) is 11.5. The topological polar surface area (TPSA) is 88.2 Å². The largest absolute Gasteiger partial charge is 0.481 e. The highest BCUT2D eigenvalue weighted by Gasteiger charge is 2.27. The molecule has 1 fully saturated rings. The number of halogens is 3. The third-order valence-electron chi connectivity index (χ3n) is 6.03. The average Bonchev–Trinajstić information content (AvgIpc) is 3.47. The molecule has 2 heterocycles. The van der Waals surface area contributed by atoms with Crippen LogP contribution in [0.25, 0.3) is 17.0 Å². The number of carbonyl (C=O) groups is 1. The number of nitrogens with zero attached hydrogens (tertiary/aromatic N) is 2. The Kier molecular flexibility index (Phi) is 8.66. The molecule has 0 spiro atoms. The van der Waals surface area contributed by atoms with Crippen LogP contribution in [-0.2, 0) is 4.79 Å². The summed E-state index contributed by atoms with van der Waals surface area (Å²) < 4.78 is 42.6. The van der Waals surface area contributed by atoms with Crippen LogP contribution in [0.15, 0.2) is 47.0 Å². The number of carboxylic acid groups (broad SMARTS) is 1. The standard InChI is InChI=1S/C25H30F3N3O3/c1-3-18(6-4-16(2)12-13-25(26,27)28)24-30-23(31-34-24)20-9-7-19(8-10-20)21-14-17(15-29-21)5-11-22(32)33/h3-4,6-10,16-17,21,29H,5,11-15H2,1-2H3,(H,32,33)/b6-4-,18-3+. The molecule has 6 nitrogen and oxygen atoms in total. The molecule has 0 aliphatic carbocycles. The fraction of sp³-hybridized carbons (Fsp3) is 0.480. The molecule has 0 saturated carbocycles. The Labute approximate surface area is 196 Å². The Morgan fingerprint density at radius 3 is 2.71 bits per heavy atom. The predicted molar refractivity (Wildman–Crippen MR) is 123 cm³/mol. The first-order chi connectivity index (χ1) is 16.1. The summed E-state index contributed by atoms with van der Waals surface area (Å²) in [7, 11) is 0. The maximum absolute atomic E-state index is 12.4. The molecule has 3 atom stereocenters. The van der Waals surface area contributed by atoms with E-state index in [0.29, 0.717) is 29.6 Å². The number of hydrogen-bond donors (Lipinski definition) is 2. The van der Waals surface area contributed by atoms with Crippen LogP contribution in [0.5, 0.6) is 0 Å². The van der Waals surface area contributed by atoms with Crippen molar-refractivity contribution >= 4 is 11.5 Å². The van der Waals surface area contributed by atoms with Gasteiger partial charge in [-0.05, 0) is 50.1 Å². The summed E-state index contributed by atoms with van der Waals surface area (Å²) >= 11 is 0. The van der Waals surface area contributed by atoms with Gasteiger partial charge in [0.15, 0.2) is 0 Å². The van der Waals surface area contributed by atoms with Crippen LogP contribution in [0.4, 0.5) is 13.2 Å². The van der Waals surface area contributed by atoms with Crippen LogP contribution < -0.4 is 5.32 Å². The third-order valence-corrected chi connectivity index (χ3v) is 6.03. The van der Waals surface area contributed by atoms with Crippen molar-refractivity contribution in [1.82, 2.24) is 15.5 Å². The Hall–Kier alpha value is -2.94. The van der Waals surface area contributed by atoms with Gasteiger partial charge in [0.1, 0.15) is 0 Å². The molecule has 34 heavy (non-hydrogen) atoms. The normalized spacial score (nSPS) is 20.2. The summed E-state index contributed by atoms with van der Waals surface area (Å²) in [6.45, 7) is 4.35. The number of alkyl halides is 3. The van der Waals surface area contributed by atoms with E-state index in [1.165, 1.54) is 0 Å². The number of carboxylic acids is 1. The molecule has 3 rings (SSSR count). The Bertz CT molecular complexity index is 1010. The smallest absolute Gasteiger partial charge is 0.389 e. The molecule has 184 valence electrons. The highest BCUT2D eigenvalue weighted by Crippen LogP contribution is 2.31. The molecule has 1 aliphatic heterocycles.